The molecule has 2 rings (SSSR count). The lowest BCUT2D eigenvalue weighted by atomic mass is 10.1. The minimum absolute atomic E-state index is 0.0987. The van der Waals surface area contributed by atoms with Gasteiger partial charge < -0.3 is 10.4 Å². The van der Waals surface area contributed by atoms with Crippen LogP contribution in [0.5, 0.6) is 0 Å². The third kappa shape index (κ3) is 3.65. The van der Waals surface area contributed by atoms with Crippen LogP contribution in [0.1, 0.15) is 35.8 Å². The van der Waals surface area contributed by atoms with Gasteiger partial charge in [-0.3, -0.25) is 0 Å². The molecule has 1 aromatic heterocycles. The molecule has 2 atom stereocenters. The summed E-state index contributed by atoms with van der Waals surface area (Å²) in [6.07, 6.45) is -0.493. The smallest absolute Gasteiger partial charge is 0.0991 e. The van der Waals surface area contributed by atoms with Crippen LogP contribution in [0.15, 0.2) is 41.1 Å². The lowest BCUT2D eigenvalue weighted by molar-refractivity contribution is 0.171. The summed E-state index contributed by atoms with van der Waals surface area (Å²) in [7, 11) is 0. The molecule has 2 aromatic rings. The lowest BCUT2D eigenvalue weighted by Gasteiger charge is -2.17. The van der Waals surface area contributed by atoms with Crippen molar-refractivity contribution in [3.05, 3.63) is 57.8 Å². The van der Waals surface area contributed by atoms with E-state index in [0.717, 1.165) is 11.1 Å². The van der Waals surface area contributed by atoms with E-state index in [1.165, 1.54) is 0 Å². The normalized spacial score (nSPS) is 13.7. The van der Waals surface area contributed by atoms with Gasteiger partial charge in [0, 0.05) is 12.6 Å². The van der Waals surface area contributed by atoms with E-state index in [-0.39, 0.29) is 6.04 Å². The number of nitrogens with one attached hydrogen (secondary N) is 1. The Morgan fingerprint density at radius 2 is 2.21 bits per heavy atom. The predicted molar refractivity (Wildman–Crippen MR) is 76.9 cm³/mol. The number of hydrogen-bond acceptors (Lipinski definition) is 4. The van der Waals surface area contributed by atoms with E-state index in [0.29, 0.717) is 12.1 Å². The molecule has 0 bridgehead atoms. The van der Waals surface area contributed by atoms with Gasteiger partial charge in [-0.05, 0) is 47.0 Å². The fourth-order valence-electron chi connectivity index (χ4n) is 1.87. The molecule has 19 heavy (non-hydrogen) atoms. The van der Waals surface area contributed by atoms with Crippen molar-refractivity contribution in [1.29, 1.82) is 5.26 Å². The molecule has 4 heteroatoms. The second-order valence-corrected chi connectivity index (χ2v) is 5.22. The summed E-state index contributed by atoms with van der Waals surface area (Å²) in [5, 5.41) is 26.1. The van der Waals surface area contributed by atoms with E-state index in [2.05, 4.69) is 11.4 Å². The average Bonchev–Trinajstić information content (AvgIpc) is 2.98. The highest BCUT2D eigenvalue weighted by molar-refractivity contribution is 7.07. The van der Waals surface area contributed by atoms with Gasteiger partial charge in [-0.25, -0.2) is 0 Å². The zero-order chi connectivity index (χ0) is 13.7. The van der Waals surface area contributed by atoms with Gasteiger partial charge in [0.15, 0.2) is 0 Å². The SMILES string of the molecule is CC(NCC(O)c1ccsc1)c1cccc(C#N)c1. The Morgan fingerprint density at radius 1 is 1.37 bits per heavy atom. The molecule has 1 aromatic carbocycles. The summed E-state index contributed by atoms with van der Waals surface area (Å²) in [6, 6.07) is 11.7. The van der Waals surface area contributed by atoms with E-state index < -0.39 is 6.10 Å². The van der Waals surface area contributed by atoms with E-state index in [1.54, 1.807) is 17.4 Å². The van der Waals surface area contributed by atoms with Crippen LogP contribution in [0.3, 0.4) is 0 Å². The second-order valence-electron chi connectivity index (χ2n) is 4.44. The number of nitrogens with zero attached hydrogens (tertiary/aromatic N) is 1. The summed E-state index contributed by atoms with van der Waals surface area (Å²) in [5.74, 6) is 0. The van der Waals surface area contributed by atoms with Gasteiger partial charge in [-0.15, -0.1) is 0 Å². The van der Waals surface area contributed by atoms with Crippen molar-refractivity contribution >= 4 is 11.3 Å². The third-order valence-electron chi connectivity index (χ3n) is 3.06. The van der Waals surface area contributed by atoms with Crippen molar-refractivity contribution < 1.29 is 5.11 Å². The van der Waals surface area contributed by atoms with Gasteiger partial charge in [-0.1, -0.05) is 12.1 Å². The summed E-state index contributed by atoms with van der Waals surface area (Å²) in [6.45, 7) is 2.52. The maximum atomic E-state index is 10.00. The van der Waals surface area contributed by atoms with Crippen LogP contribution in [0.4, 0.5) is 0 Å². The third-order valence-corrected chi connectivity index (χ3v) is 3.76. The van der Waals surface area contributed by atoms with Crippen molar-refractivity contribution in [2.75, 3.05) is 6.54 Å². The number of benzene rings is 1. The van der Waals surface area contributed by atoms with Gasteiger partial charge in [0.1, 0.15) is 0 Å². The molecule has 3 nitrogen and oxygen atoms in total. The topological polar surface area (TPSA) is 56.0 Å². The minimum Gasteiger partial charge on any atom is -0.387 e. The fourth-order valence-corrected chi connectivity index (χ4v) is 2.57. The number of aliphatic hydroxyl groups is 1. The minimum atomic E-state index is -0.493. The van der Waals surface area contributed by atoms with Crippen LogP contribution in [0.2, 0.25) is 0 Å². The van der Waals surface area contributed by atoms with Crippen LogP contribution >= 0.6 is 11.3 Å². The first-order valence-electron chi connectivity index (χ1n) is 6.14. The van der Waals surface area contributed by atoms with Crippen molar-refractivity contribution in [3.63, 3.8) is 0 Å². The molecular formula is C15H16N2OS. The largest absolute Gasteiger partial charge is 0.387 e. The lowest BCUT2D eigenvalue weighted by Crippen LogP contribution is -2.24. The van der Waals surface area contributed by atoms with Gasteiger partial charge in [-0.2, -0.15) is 16.6 Å². The number of rotatable bonds is 5. The van der Waals surface area contributed by atoms with Crippen LogP contribution in [0.25, 0.3) is 0 Å². The van der Waals surface area contributed by atoms with Crippen LogP contribution < -0.4 is 5.32 Å². The Bertz CT molecular complexity index is 560. The molecule has 0 amide bonds. The summed E-state index contributed by atoms with van der Waals surface area (Å²) in [4.78, 5) is 0. The molecule has 0 saturated carbocycles. The standard InChI is InChI=1S/C15H16N2OS/c1-11(13-4-2-3-12(7-13)8-16)17-9-15(18)14-5-6-19-10-14/h2-7,10-11,15,17-18H,9H2,1H3. The van der Waals surface area contributed by atoms with Crippen LogP contribution in [0, 0.1) is 11.3 Å². The zero-order valence-electron chi connectivity index (χ0n) is 10.7. The Balaban J connectivity index is 1.94. The molecule has 2 N–H and O–H groups in total. The first-order valence-corrected chi connectivity index (χ1v) is 7.08. The van der Waals surface area contributed by atoms with Crippen molar-refractivity contribution in [3.8, 4) is 6.07 Å². The maximum Gasteiger partial charge on any atom is 0.0991 e. The Hall–Kier alpha value is -1.67. The summed E-state index contributed by atoms with van der Waals surface area (Å²) < 4.78 is 0. The molecule has 0 aliphatic carbocycles. The van der Waals surface area contributed by atoms with E-state index in [9.17, 15) is 5.11 Å². The highest BCUT2D eigenvalue weighted by Gasteiger charge is 2.11. The monoisotopic (exact) mass is 272 g/mol. The Labute approximate surface area is 117 Å². The first kappa shape index (κ1) is 13.8. The van der Waals surface area contributed by atoms with Crippen molar-refractivity contribution in [2.45, 2.75) is 19.1 Å². The predicted octanol–water partition coefficient (Wildman–Crippen LogP) is 3.00. The van der Waals surface area contributed by atoms with Gasteiger partial charge in [0.2, 0.25) is 0 Å². The van der Waals surface area contributed by atoms with Crippen molar-refractivity contribution in [1.82, 2.24) is 5.32 Å². The summed E-state index contributed by atoms with van der Waals surface area (Å²) >= 11 is 1.58. The van der Waals surface area contributed by atoms with Crippen LogP contribution in [-0.2, 0) is 0 Å². The summed E-state index contributed by atoms with van der Waals surface area (Å²) in [5.41, 5.74) is 2.65. The highest BCUT2D eigenvalue weighted by Crippen LogP contribution is 2.18. The number of nitriles is 1. The molecular weight excluding hydrogens is 256 g/mol. The zero-order valence-corrected chi connectivity index (χ0v) is 11.5. The number of aliphatic hydroxyl groups excluding tert-OH is 1. The molecule has 0 aliphatic heterocycles. The van der Waals surface area contributed by atoms with Crippen LogP contribution in [-0.4, -0.2) is 11.7 Å². The quantitative estimate of drug-likeness (QED) is 0.879. The maximum absolute atomic E-state index is 10.00. The fraction of sp³-hybridized carbons (Fsp3) is 0.267. The second kappa shape index (κ2) is 6.48. The van der Waals surface area contributed by atoms with Gasteiger partial charge in [0.05, 0.1) is 17.7 Å². The van der Waals surface area contributed by atoms with E-state index >= 15 is 0 Å². The van der Waals surface area contributed by atoms with Crippen molar-refractivity contribution in [2.24, 2.45) is 0 Å². The number of hydrogen-bond donors (Lipinski definition) is 2. The molecule has 0 aliphatic rings. The Morgan fingerprint density at radius 3 is 2.89 bits per heavy atom. The molecule has 2 unspecified atom stereocenters. The Kier molecular flexibility index (Phi) is 4.69. The molecule has 0 saturated heterocycles. The van der Waals surface area contributed by atoms with E-state index in [1.807, 2.05) is 41.9 Å². The van der Waals surface area contributed by atoms with Gasteiger partial charge in [0.25, 0.3) is 0 Å². The average molecular weight is 272 g/mol. The molecule has 0 radical (unpaired) electrons. The molecule has 98 valence electrons. The molecule has 1 heterocycles. The van der Waals surface area contributed by atoms with Gasteiger partial charge >= 0.3 is 0 Å². The molecule has 0 fully saturated rings. The highest BCUT2D eigenvalue weighted by atomic mass is 32.1. The number of thiophene rings is 1. The first-order chi connectivity index (χ1) is 9.20. The molecule has 0 spiro atoms. The van der Waals surface area contributed by atoms with E-state index in [4.69, 9.17) is 5.26 Å².